The van der Waals surface area contributed by atoms with Crippen LogP contribution in [0, 0.1) is 18.6 Å². The smallest absolute Gasteiger partial charge is 0.248 e. The molecule has 0 aliphatic carbocycles. The van der Waals surface area contributed by atoms with Crippen LogP contribution in [0.2, 0.25) is 0 Å². The number of ether oxygens (including phenoxy) is 2. The lowest BCUT2D eigenvalue weighted by Gasteiger charge is -2.13. The van der Waals surface area contributed by atoms with Crippen LogP contribution in [0.5, 0.6) is 11.5 Å². The molecule has 0 radical (unpaired) electrons. The van der Waals surface area contributed by atoms with Gasteiger partial charge in [0, 0.05) is 39.9 Å². The summed E-state index contributed by atoms with van der Waals surface area (Å²) in [7, 11) is 3.16. The quantitative estimate of drug-likeness (QED) is 0.322. The number of hydrogen-bond acceptors (Lipinski definition) is 4. The van der Waals surface area contributed by atoms with Gasteiger partial charge < -0.3 is 19.2 Å². The molecule has 0 bridgehead atoms. The summed E-state index contributed by atoms with van der Waals surface area (Å²) in [5.74, 6) is -1.20. The summed E-state index contributed by atoms with van der Waals surface area (Å²) in [4.78, 5) is 12.6. The molecule has 3 aromatic carbocycles. The maximum atomic E-state index is 13.5. The third kappa shape index (κ3) is 4.37. The molecule has 0 spiro atoms. The summed E-state index contributed by atoms with van der Waals surface area (Å²) in [6, 6.07) is 12.7. The highest BCUT2D eigenvalue weighted by Gasteiger charge is 2.19. The first kappa shape index (κ1) is 23.0. The first-order valence-corrected chi connectivity index (χ1v) is 10.5. The highest BCUT2D eigenvalue weighted by Crippen LogP contribution is 2.41. The number of fused-ring (bicyclic) bond motifs is 1. The van der Waals surface area contributed by atoms with Gasteiger partial charge >= 0.3 is 0 Å². The van der Waals surface area contributed by atoms with Gasteiger partial charge in [0.15, 0.2) is 11.6 Å². The van der Waals surface area contributed by atoms with E-state index in [1.54, 1.807) is 27.4 Å². The Labute approximate surface area is 195 Å². The zero-order chi connectivity index (χ0) is 24.4. The van der Waals surface area contributed by atoms with Gasteiger partial charge in [0.25, 0.3) is 0 Å². The number of nitrogens with one attached hydrogen (secondary N) is 1. The van der Waals surface area contributed by atoms with Gasteiger partial charge in [-0.05, 0) is 55.3 Å². The van der Waals surface area contributed by atoms with Crippen LogP contribution in [0.4, 0.5) is 14.5 Å². The van der Waals surface area contributed by atoms with Crippen molar-refractivity contribution in [2.45, 2.75) is 13.8 Å². The molecule has 1 amide bonds. The van der Waals surface area contributed by atoms with Crippen LogP contribution in [0.1, 0.15) is 18.1 Å². The number of hydrogen-bond donors (Lipinski definition) is 1. The van der Waals surface area contributed by atoms with Crippen molar-refractivity contribution < 1.29 is 27.5 Å². The van der Waals surface area contributed by atoms with Crippen LogP contribution in [0.25, 0.3) is 27.7 Å². The van der Waals surface area contributed by atoms with Gasteiger partial charge in [0.2, 0.25) is 5.91 Å². The first-order chi connectivity index (χ1) is 16.3. The predicted molar refractivity (Wildman–Crippen MR) is 128 cm³/mol. The largest absolute Gasteiger partial charge is 0.497 e. The van der Waals surface area contributed by atoms with Crippen LogP contribution in [-0.2, 0) is 4.79 Å². The number of benzene rings is 3. The second-order valence-corrected chi connectivity index (χ2v) is 7.79. The number of furan rings is 1. The van der Waals surface area contributed by atoms with Crippen molar-refractivity contribution in [3.8, 4) is 22.6 Å². The molecule has 0 fully saturated rings. The van der Waals surface area contributed by atoms with Crippen LogP contribution in [0.3, 0.4) is 0 Å². The minimum atomic E-state index is -1.04. The second kappa shape index (κ2) is 9.39. The summed E-state index contributed by atoms with van der Waals surface area (Å²) < 4.78 is 43.5. The summed E-state index contributed by atoms with van der Waals surface area (Å²) in [5.41, 5.74) is 4.75. The third-order valence-electron chi connectivity index (χ3n) is 5.59. The van der Waals surface area contributed by atoms with Crippen LogP contribution in [-0.4, -0.2) is 20.1 Å². The Morgan fingerprint density at radius 2 is 1.82 bits per heavy atom. The Balaban J connectivity index is 1.75. The van der Waals surface area contributed by atoms with Gasteiger partial charge in [-0.25, -0.2) is 8.78 Å². The molecule has 0 aliphatic rings. The van der Waals surface area contributed by atoms with Crippen molar-refractivity contribution in [2.75, 3.05) is 19.5 Å². The molecule has 34 heavy (non-hydrogen) atoms. The number of carbonyl (C=O) groups is 1. The number of rotatable bonds is 6. The molecule has 0 atom stereocenters. The fraction of sp³-hybridized carbons (Fsp3) is 0.148. The summed E-state index contributed by atoms with van der Waals surface area (Å²) in [6.45, 7) is 3.66. The SMILES string of the molecule is COc1cccc(-c2coc3c(C)c(OC)c(/C(C)=C/C(=O)Nc4ccc(F)c(F)c4)cc23)c1. The fourth-order valence-corrected chi connectivity index (χ4v) is 3.91. The lowest BCUT2D eigenvalue weighted by molar-refractivity contribution is -0.111. The lowest BCUT2D eigenvalue weighted by atomic mass is 9.96. The van der Waals surface area contributed by atoms with Crippen molar-refractivity contribution in [3.63, 3.8) is 0 Å². The molecule has 7 heteroatoms. The van der Waals surface area contributed by atoms with Crippen molar-refractivity contribution in [1.29, 1.82) is 0 Å². The van der Waals surface area contributed by atoms with E-state index >= 15 is 0 Å². The second-order valence-electron chi connectivity index (χ2n) is 7.79. The molecule has 174 valence electrons. The highest BCUT2D eigenvalue weighted by atomic mass is 19.2. The molecular formula is C27H23F2NO4. The molecule has 0 aliphatic heterocycles. The fourth-order valence-electron chi connectivity index (χ4n) is 3.91. The Kier molecular flexibility index (Phi) is 6.36. The van der Waals surface area contributed by atoms with Crippen molar-refractivity contribution in [1.82, 2.24) is 0 Å². The van der Waals surface area contributed by atoms with E-state index in [0.29, 0.717) is 22.5 Å². The molecule has 1 N–H and O–H groups in total. The van der Waals surface area contributed by atoms with Crippen LogP contribution in [0.15, 0.2) is 65.3 Å². The van der Waals surface area contributed by atoms with Gasteiger partial charge in [0.1, 0.15) is 17.1 Å². The molecular weight excluding hydrogens is 440 g/mol. The van der Waals surface area contributed by atoms with Gasteiger partial charge in [-0.1, -0.05) is 12.1 Å². The number of methoxy groups -OCH3 is 2. The average molecular weight is 463 g/mol. The van der Waals surface area contributed by atoms with Gasteiger partial charge in [-0.3, -0.25) is 4.79 Å². The van der Waals surface area contributed by atoms with Crippen molar-refractivity contribution in [2.24, 2.45) is 0 Å². The maximum absolute atomic E-state index is 13.5. The minimum Gasteiger partial charge on any atom is -0.497 e. The molecule has 0 saturated carbocycles. The van der Waals surface area contributed by atoms with E-state index in [4.69, 9.17) is 13.9 Å². The number of amides is 1. The summed E-state index contributed by atoms with van der Waals surface area (Å²) in [5, 5.41) is 3.41. The number of aryl methyl sites for hydroxylation is 1. The molecule has 1 heterocycles. The minimum absolute atomic E-state index is 0.154. The number of halogens is 2. The predicted octanol–water partition coefficient (Wildman–Crippen LogP) is 6.75. The van der Waals surface area contributed by atoms with Crippen molar-refractivity contribution in [3.05, 3.63) is 83.6 Å². The summed E-state index contributed by atoms with van der Waals surface area (Å²) in [6.07, 6.45) is 3.07. The Bertz CT molecular complexity index is 1420. The van der Waals surface area contributed by atoms with Crippen molar-refractivity contribution >= 4 is 28.1 Å². The molecule has 4 rings (SSSR count). The molecule has 1 aromatic heterocycles. The maximum Gasteiger partial charge on any atom is 0.248 e. The molecule has 5 nitrogen and oxygen atoms in total. The number of allylic oxidation sites excluding steroid dienone is 1. The molecule has 0 saturated heterocycles. The summed E-state index contributed by atoms with van der Waals surface area (Å²) >= 11 is 0. The Morgan fingerprint density at radius 1 is 1.03 bits per heavy atom. The highest BCUT2D eigenvalue weighted by molar-refractivity contribution is 6.06. The van der Waals surface area contributed by atoms with E-state index in [0.717, 1.165) is 40.0 Å². The first-order valence-electron chi connectivity index (χ1n) is 10.5. The van der Waals surface area contributed by atoms with E-state index in [9.17, 15) is 13.6 Å². The van der Waals surface area contributed by atoms with Gasteiger partial charge in [-0.15, -0.1) is 0 Å². The molecule has 0 unspecified atom stereocenters. The van der Waals surface area contributed by atoms with E-state index in [1.807, 2.05) is 37.3 Å². The Morgan fingerprint density at radius 3 is 2.53 bits per heavy atom. The zero-order valence-electron chi connectivity index (χ0n) is 19.2. The van der Waals surface area contributed by atoms with E-state index < -0.39 is 17.5 Å². The lowest BCUT2D eigenvalue weighted by Crippen LogP contribution is -2.09. The zero-order valence-corrected chi connectivity index (χ0v) is 19.2. The average Bonchev–Trinajstić information content (AvgIpc) is 3.25. The number of anilines is 1. The number of carbonyl (C=O) groups excluding carboxylic acids is 1. The van der Waals surface area contributed by atoms with E-state index in [-0.39, 0.29) is 5.69 Å². The van der Waals surface area contributed by atoms with E-state index in [1.165, 1.54) is 12.1 Å². The van der Waals surface area contributed by atoms with Crippen LogP contribution < -0.4 is 14.8 Å². The molecule has 4 aromatic rings. The van der Waals surface area contributed by atoms with Gasteiger partial charge in [-0.2, -0.15) is 0 Å². The normalized spacial score (nSPS) is 11.5. The Hall–Kier alpha value is -4.13. The standard InChI is InChI=1S/C27H23F2NO4/c1-15(10-25(31)30-18-8-9-23(28)24(29)12-18)20-13-21-22(17-6-5-7-19(11-17)32-3)14-34-27(21)16(2)26(20)33-4/h5-14H,1-4H3,(H,30,31)/b15-10+. The monoisotopic (exact) mass is 463 g/mol. The van der Waals surface area contributed by atoms with Gasteiger partial charge in [0.05, 0.1) is 20.5 Å². The van der Waals surface area contributed by atoms with E-state index in [2.05, 4.69) is 5.32 Å². The third-order valence-corrected chi connectivity index (χ3v) is 5.59. The topological polar surface area (TPSA) is 60.7 Å². The van der Waals surface area contributed by atoms with Crippen LogP contribution >= 0.6 is 0 Å².